The molecular weight excluding hydrogens is 394 g/mol. The maximum Gasteiger partial charge on any atom is 0.321 e. The lowest BCUT2D eigenvalue weighted by Gasteiger charge is -2.19. The van der Waals surface area contributed by atoms with E-state index in [-0.39, 0.29) is 11.9 Å². The summed E-state index contributed by atoms with van der Waals surface area (Å²) in [6.07, 6.45) is 0. The van der Waals surface area contributed by atoms with E-state index in [1.165, 1.54) is 6.92 Å². The van der Waals surface area contributed by atoms with Gasteiger partial charge in [-0.1, -0.05) is 39.7 Å². The van der Waals surface area contributed by atoms with Crippen LogP contribution in [0.4, 0.5) is 16.2 Å². The highest BCUT2D eigenvalue weighted by Gasteiger charge is 2.12. The van der Waals surface area contributed by atoms with Crippen LogP contribution in [0.15, 0.2) is 46.9 Å². The minimum Gasteiger partial charge on any atom is -0.326 e. The number of carbonyl (C=O) groups is 2. The molecule has 2 aromatic carbocycles. The Balaban J connectivity index is 2.00. The number of benzene rings is 2. The van der Waals surface area contributed by atoms with Gasteiger partial charge in [-0.15, -0.1) is 0 Å². The van der Waals surface area contributed by atoms with Crippen LogP contribution in [-0.2, 0) is 11.3 Å². The van der Waals surface area contributed by atoms with Gasteiger partial charge in [0, 0.05) is 30.7 Å². The van der Waals surface area contributed by atoms with Crippen LogP contribution < -0.4 is 10.6 Å². The number of carbonyl (C=O) groups excluding carboxylic acids is 2. The number of urea groups is 1. The van der Waals surface area contributed by atoms with Crippen LogP contribution in [0.1, 0.15) is 12.5 Å². The first-order valence-electron chi connectivity index (χ1n) is 7.19. The Morgan fingerprint density at radius 1 is 1.12 bits per heavy atom. The van der Waals surface area contributed by atoms with Gasteiger partial charge < -0.3 is 15.5 Å². The zero-order valence-corrected chi connectivity index (χ0v) is 15.6. The highest BCUT2D eigenvalue weighted by atomic mass is 79.9. The molecule has 2 rings (SSSR count). The summed E-state index contributed by atoms with van der Waals surface area (Å²) < 4.78 is 0.990. The summed E-state index contributed by atoms with van der Waals surface area (Å²) in [5, 5.41) is 5.74. The standard InChI is InChI=1S/C17H17BrClN3O2/c1-11(23)20-14-7-8-16(15(19)9-14)21-17(24)22(2)10-12-3-5-13(18)6-4-12/h3-9H,10H2,1-2H3,(H,20,23)(H,21,24). The lowest BCUT2D eigenvalue weighted by atomic mass is 10.2. The summed E-state index contributed by atoms with van der Waals surface area (Å²) in [6.45, 7) is 1.89. The van der Waals surface area contributed by atoms with Gasteiger partial charge in [-0.05, 0) is 35.9 Å². The van der Waals surface area contributed by atoms with E-state index < -0.39 is 0 Å². The lowest BCUT2D eigenvalue weighted by Crippen LogP contribution is -2.30. The molecule has 0 saturated heterocycles. The van der Waals surface area contributed by atoms with Crippen molar-refractivity contribution in [2.45, 2.75) is 13.5 Å². The summed E-state index contributed by atoms with van der Waals surface area (Å²) in [6, 6.07) is 12.4. The zero-order valence-electron chi connectivity index (χ0n) is 13.3. The van der Waals surface area contributed by atoms with Crippen LogP contribution in [0.25, 0.3) is 0 Å². The van der Waals surface area contributed by atoms with Gasteiger partial charge in [-0.25, -0.2) is 4.79 Å². The third-order valence-electron chi connectivity index (χ3n) is 3.21. The molecule has 0 heterocycles. The van der Waals surface area contributed by atoms with E-state index in [0.29, 0.717) is 22.9 Å². The van der Waals surface area contributed by atoms with Crippen molar-refractivity contribution in [3.63, 3.8) is 0 Å². The van der Waals surface area contributed by atoms with E-state index in [4.69, 9.17) is 11.6 Å². The van der Waals surface area contributed by atoms with Crippen molar-refractivity contribution in [2.75, 3.05) is 17.7 Å². The molecule has 2 aromatic rings. The van der Waals surface area contributed by atoms with Crippen molar-refractivity contribution < 1.29 is 9.59 Å². The fourth-order valence-electron chi connectivity index (χ4n) is 2.04. The van der Waals surface area contributed by atoms with Crippen LogP contribution in [0.2, 0.25) is 5.02 Å². The molecule has 7 heteroatoms. The van der Waals surface area contributed by atoms with E-state index in [0.717, 1.165) is 10.0 Å². The molecule has 0 aromatic heterocycles. The molecular formula is C17H17BrClN3O2. The van der Waals surface area contributed by atoms with Gasteiger partial charge in [-0.3, -0.25) is 4.79 Å². The van der Waals surface area contributed by atoms with Crippen molar-refractivity contribution in [3.8, 4) is 0 Å². The van der Waals surface area contributed by atoms with Gasteiger partial charge in [0.25, 0.3) is 0 Å². The second-order valence-corrected chi connectivity index (χ2v) is 6.61. The van der Waals surface area contributed by atoms with Crippen LogP contribution in [0, 0.1) is 0 Å². The minimum atomic E-state index is -0.271. The summed E-state index contributed by atoms with van der Waals surface area (Å²) >= 11 is 9.53. The van der Waals surface area contributed by atoms with E-state index in [1.54, 1.807) is 30.1 Å². The summed E-state index contributed by atoms with van der Waals surface area (Å²) in [4.78, 5) is 24.9. The van der Waals surface area contributed by atoms with Crippen LogP contribution in [0.5, 0.6) is 0 Å². The fraction of sp³-hybridized carbons (Fsp3) is 0.176. The van der Waals surface area contributed by atoms with E-state index >= 15 is 0 Å². The zero-order chi connectivity index (χ0) is 17.7. The number of amides is 3. The van der Waals surface area contributed by atoms with Gasteiger partial charge in [0.2, 0.25) is 5.91 Å². The average molecular weight is 411 g/mol. The predicted molar refractivity (Wildman–Crippen MR) is 100 cm³/mol. The van der Waals surface area contributed by atoms with Crippen molar-refractivity contribution in [1.29, 1.82) is 0 Å². The second-order valence-electron chi connectivity index (χ2n) is 5.29. The minimum absolute atomic E-state index is 0.183. The second kappa shape index (κ2) is 8.17. The maximum atomic E-state index is 12.3. The number of rotatable bonds is 4. The smallest absolute Gasteiger partial charge is 0.321 e. The van der Waals surface area contributed by atoms with Gasteiger partial charge >= 0.3 is 6.03 Å². The van der Waals surface area contributed by atoms with Crippen LogP contribution in [-0.4, -0.2) is 23.9 Å². The third-order valence-corrected chi connectivity index (χ3v) is 4.05. The molecule has 0 radical (unpaired) electrons. The molecule has 0 bridgehead atoms. The Hall–Kier alpha value is -2.05. The Morgan fingerprint density at radius 3 is 2.38 bits per heavy atom. The SMILES string of the molecule is CC(=O)Nc1ccc(NC(=O)N(C)Cc2ccc(Br)cc2)c(Cl)c1. The van der Waals surface area contributed by atoms with Gasteiger partial charge in [0.05, 0.1) is 10.7 Å². The van der Waals surface area contributed by atoms with E-state index in [9.17, 15) is 9.59 Å². The highest BCUT2D eigenvalue weighted by molar-refractivity contribution is 9.10. The van der Waals surface area contributed by atoms with Crippen molar-refractivity contribution in [3.05, 3.63) is 57.5 Å². The third kappa shape index (κ3) is 5.25. The molecule has 0 saturated carbocycles. The van der Waals surface area contributed by atoms with Gasteiger partial charge in [0.1, 0.15) is 0 Å². The normalized spacial score (nSPS) is 10.2. The molecule has 0 spiro atoms. The Kier molecular flexibility index (Phi) is 6.23. The number of hydrogen-bond acceptors (Lipinski definition) is 2. The molecule has 126 valence electrons. The Labute approximate surface area is 154 Å². The Bertz CT molecular complexity index is 750. The predicted octanol–water partition coefficient (Wildman–Crippen LogP) is 4.72. The Morgan fingerprint density at radius 2 is 1.79 bits per heavy atom. The molecule has 0 unspecified atom stereocenters. The van der Waals surface area contributed by atoms with Gasteiger partial charge in [0.15, 0.2) is 0 Å². The molecule has 0 fully saturated rings. The van der Waals surface area contributed by atoms with Crippen LogP contribution >= 0.6 is 27.5 Å². The fourth-order valence-corrected chi connectivity index (χ4v) is 2.54. The van der Waals surface area contributed by atoms with E-state index in [1.807, 2.05) is 24.3 Å². The first kappa shape index (κ1) is 18.3. The molecule has 3 amide bonds. The largest absolute Gasteiger partial charge is 0.326 e. The van der Waals surface area contributed by atoms with Crippen molar-refractivity contribution in [1.82, 2.24) is 4.90 Å². The van der Waals surface area contributed by atoms with E-state index in [2.05, 4.69) is 26.6 Å². The molecule has 0 aliphatic rings. The number of halogens is 2. The maximum absolute atomic E-state index is 12.3. The number of hydrogen-bond donors (Lipinski definition) is 2. The van der Waals surface area contributed by atoms with Crippen molar-refractivity contribution >= 4 is 50.8 Å². The lowest BCUT2D eigenvalue weighted by molar-refractivity contribution is -0.114. The highest BCUT2D eigenvalue weighted by Crippen LogP contribution is 2.26. The molecule has 5 nitrogen and oxygen atoms in total. The molecule has 0 aliphatic heterocycles. The summed E-state index contributed by atoms with van der Waals surface area (Å²) in [5.74, 6) is -0.183. The number of anilines is 2. The quantitative estimate of drug-likeness (QED) is 0.766. The van der Waals surface area contributed by atoms with Gasteiger partial charge in [-0.2, -0.15) is 0 Å². The molecule has 2 N–H and O–H groups in total. The monoisotopic (exact) mass is 409 g/mol. The molecule has 24 heavy (non-hydrogen) atoms. The number of nitrogens with zero attached hydrogens (tertiary/aromatic N) is 1. The summed E-state index contributed by atoms with van der Waals surface area (Å²) in [5.41, 5.74) is 2.08. The summed E-state index contributed by atoms with van der Waals surface area (Å²) in [7, 11) is 1.71. The first-order chi connectivity index (χ1) is 11.3. The molecule has 0 aliphatic carbocycles. The molecule has 0 atom stereocenters. The average Bonchev–Trinajstić information content (AvgIpc) is 2.51. The topological polar surface area (TPSA) is 61.4 Å². The number of nitrogens with one attached hydrogen (secondary N) is 2. The van der Waals surface area contributed by atoms with Crippen molar-refractivity contribution in [2.24, 2.45) is 0 Å². The first-order valence-corrected chi connectivity index (χ1v) is 8.36. The van der Waals surface area contributed by atoms with Crippen LogP contribution in [0.3, 0.4) is 0 Å².